The van der Waals surface area contributed by atoms with Gasteiger partial charge in [0.1, 0.15) is 5.82 Å². The summed E-state index contributed by atoms with van der Waals surface area (Å²) in [4.78, 5) is 32.0. The quantitative estimate of drug-likeness (QED) is 0.765. The minimum absolute atomic E-state index is 0.0166. The number of hydrogen-bond donors (Lipinski definition) is 2. The first kappa shape index (κ1) is 18.2. The normalized spacial score (nSPS) is 26.6. The van der Waals surface area contributed by atoms with Gasteiger partial charge in [0.25, 0.3) is 0 Å². The van der Waals surface area contributed by atoms with Crippen molar-refractivity contribution >= 4 is 11.8 Å². The van der Waals surface area contributed by atoms with E-state index in [0.717, 1.165) is 31.5 Å². The number of ether oxygens (including phenoxy) is 1. The number of aromatic nitrogens is 3. The number of rotatable bonds is 4. The number of allylic oxidation sites excluding steroid dienone is 2. The molecule has 1 aromatic heterocycles. The summed E-state index contributed by atoms with van der Waals surface area (Å²) in [6.45, 7) is 4.18. The van der Waals surface area contributed by atoms with E-state index in [1.54, 1.807) is 0 Å². The first-order valence-electron chi connectivity index (χ1n) is 9.82. The Morgan fingerprint density at radius 1 is 1.19 bits per heavy atom. The van der Waals surface area contributed by atoms with Crippen molar-refractivity contribution in [3.8, 4) is 0 Å². The molecule has 0 unspecified atom stereocenters. The molecule has 2 fully saturated rings. The van der Waals surface area contributed by atoms with Crippen molar-refractivity contribution < 1.29 is 14.3 Å². The van der Waals surface area contributed by atoms with Gasteiger partial charge in [0.2, 0.25) is 11.8 Å². The molecule has 8 nitrogen and oxygen atoms in total. The van der Waals surface area contributed by atoms with E-state index in [1.807, 2.05) is 11.8 Å². The number of carbonyl (C=O) groups excluding carboxylic acids is 2. The molecule has 2 amide bonds. The zero-order chi connectivity index (χ0) is 18.8. The SMILES string of the molecule is Cc1nc([C@@H]2CN(C(=O)C3CC=CC3)C[C@H]2NC(=O)C2CCOCC2)n[nH]1. The van der Waals surface area contributed by atoms with E-state index < -0.39 is 0 Å². The lowest BCUT2D eigenvalue weighted by molar-refractivity contribution is -0.134. The highest BCUT2D eigenvalue weighted by Gasteiger charge is 2.41. The predicted molar refractivity (Wildman–Crippen MR) is 97.8 cm³/mol. The molecule has 3 heterocycles. The first-order valence-corrected chi connectivity index (χ1v) is 9.82. The number of carbonyl (C=O) groups is 2. The van der Waals surface area contributed by atoms with Crippen LogP contribution in [0.4, 0.5) is 0 Å². The summed E-state index contributed by atoms with van der Waals surface area (Å²) in [5.41, 5.74) is 0. The van der Waals surface area contributed by atoms with Crippen molar-refractivity contribution in [2.24, 2.45) is 11.8 Å². The van der Waals surface area contributed by atoms with Gasteiger partial charge >= 0.3 is 0 Å². The number of likely N-dealkylation sites (tertiary alicyclic amines) is 1. The Morgan fingerprint density at radius 2 is 1.93 bits per heavy atom. The van der Waals surface area contributed by atoms with E-state index in [0.29, 0.717) is 32.1 Å². The highest BCUT2D eigenvalue weighted by atomic mass is 16.5. The molecule has 1 aromatic rings. The van der Waals surface area contributed by atoms with Crippen LogP contribution in [0.25, 0.3) is 0 Å². The van der Waals surface area contributed by atoms with Crippen LogP contribution in [-0.2, 0) is 14.3 Å². The van der Waals surface area contributed by atoms with E-state index in [1.165, 1.54) is 0 Å². The highest BCUT2D eigenvalue weighted by molar-refractivity contribution is 5.81. The summed E-state index contributed by atoms with van der Waals surface area (Å²) in [5.74, 6) is 1.56. The summed E-state index contributed by atoms with van der Waals surface area (Å²) in [5, 5.41) is 10.4. The molecule has 2 N–H and O–H groups in total. The van der Waals surface area contributed by atoms with Crippen LogP contribution in [0, 0.1) is 18.8 Å². The van der Waals surface area contributed by atoms with Gasteiger partial charge in [-0.2, -0.15) is 5.10 Å². The summed E-state index contributed by atoms with van der Waals surface area (Å²) in [7, 11) is 0. The molecule has 0 bridgehead atoms. The Labute approximate surface area is 158 Å². The molecule has 4 rings (SSSR count). The van der Waals surface area contributed by atoms with Crippen molar-refractivity contribution in [2.75, 3.05) is 26.3 Å². The molecule has 2 saturated heterocycles. The molecule has 1 aliphatic carbocycles. The van der Waals surface area contributed by atoms with Crippen LogP contribution < -0.4 is 5.32 Å². The number of aryl methyl sites for hydroxylation is 1. The zero-order valence-corrected chi connectivity index (χ0v) is 15.7. The van der Waals surface area contributed by atoms with Crippen LogP contribution in [0.1, 0.15) is 43.3 Å². The summed E-state index contributed by atoms with van der Waals surface area (Å²) >= 11 is 0. The molecule has 0 saturated carbocycles. The number of hydrogen-bond acceptors (Lipinski definition) is 5. The molecule has 3 aliphatic rings. The molecule has 146 valence electrons. The average molecular weight is 373 g/mol. The number of amides is 2. The molecule has 27 heavy (non-hydrogen) atoms. The largest absolute Gasteiger partial charge is 0.381 e. The van der Waals surface area contributed by atoms with Gasteiger partial charge in [0, 0.05) is 38.1 Å². The van der Waals surface area contributed by atoms with Crippen molar-refractivity contribution in [1.82, 2.24) is 25.4 Å². The average Bonchev–Trinajstić information content (AvgIpc) is 3.42. The van der Waals surface area contributed by atoms with Gasteiger partial charge in [-0.25, -0.2) is 4.98 Å². The van der Waals surface area contributed by atoms with Crippen LogP contribution >= 0.6 is 0 Å². The van der Waals surface area contributed by atoms with Crippen LogP contribution in [-0.4, -0.2) is 64.2 Å². The highest BCUT2D eigenvalue weighted by Crippen LogP contribution is 2.30. The van der Waals surface area contributed by atoms with Crippen LogP contribution in [0.2, 0.25) is 0 Å². The topological polar surface area (TPSA) is 100 Å². The number of H-pyrrole nitrogens is 1. The summed E-state index contributed by atoms with van der Waals surface area (Å²) < 4.78 is 5.36. The molecular formula is C19H27N5O3. The lowest BCUT2D eigenvalue weighted by Gasteiger charge is -2.25. The van der Waals surface area contributed by atoms with E-state index in [9.17, 15) is 9.59 Å². The molecule has 8 heteroatoms. The Bertz CT molecular complexity index is 717. The molecule has 0 radical (unpaired) electrons. The number of nitrogens with one attached hydrogen (secondary N) is 2. The fourth-order valence-electron chi connectivity index (χ4n) is 4.25. The van der Waals surface area contributed by atoms with Gasteiger partial charge in [0.15, 0.2) is 5.82 Å². The van der Waals surface area contributed by atoms with E-state index in [4.69, 9.17) is 4.74 Å². The number of aromatic amines is 1. The lowest BCUT2D eigenvalue weighted by Crippen LogP contribution is -2.44. The maximum Gasteiger partial charge on any atom is 0.226 e. The van der Waals surface area contributed by atoms with Crippen molar-refractivity contribution in [2.45, 2.75) is 44.6 Å². The smallest absolute Gasteiger partial charge is 0.226 e. The second-order valence-electron chi connectivity index (χ2n) is 7.77. The van der Waals surface area contributed by atoms with Gasteiger partial charge in [-0.1, -0.05) is 12.2 Å². The van der Waals surface area contributed by atoms with Crippen LogP contribution in [0.15, 0.2) is 12.2 Å². The minimum Gasteiger partial charge on any atom is -0.381 e. The Balaban J connectivity index is 1.47. The fraction of sp³-hybridized carbons (Fsp3) is 0.684. The third kappa shape index (κ3) is 3.90. The van der Waals surface area contributed by atoms with Crippen LogP contribution in [0.5, 0.6) is 0 Å². The lowest BCUT2D eigenvalue weighted by atomic mass is 9.97. The van der Waals surface area contributed by atoms with Gasteiger partial charge < -0.3 is 15.0 Å². The second kappa shape index (κ2) is 7.80. The molecular weight excluding hydrogens is 346 g/mol. The standard InChI is InChI=1S/C19H27N5O3/c1-12-20-17(23-22-12)15-10-24(19(26)14-4-2-3-5-14)11-16(15)21-18(25)13-6-8-27-9-7-13/h2-3,13-16H,4-11H2,1H3,(H,21,25)(H,20,22,23)/t15-,16-/m1/s1. The maximum absolute atomic E-state index is 12.9. The molecule has 0 spiro atoms. The van der Waals surface area contributed by atoms with Gasteiger partial charge in [-0.3, -0.25) is 14.7 Å². The van der Waals surface area contributed by atoms with Gasteiger partial charge in [0.05, 0.1) is 12.0 Å². The maximum atomic E-state index is 12.9. The zero-order valence-electron chi connectivity index (χ0n) is 15.7. The summed E-state index contributed by atoms with van der Waals surface area (Å²) in [6.07, 6.45) is 7.24. The van der Waals surface area contributed by atoms with E-state index in [2.05, 4.69) is 32.7 Å². The molecule has 2 atom stereocenters. The van der Waals surface area contributed by atoms with Gasteiger partial charge in [-0.05, 0) is 32.6 Å². The van der Waals surface area contributed by atoms with Crippen molar-refractivity contribution in [3.63, 3.8) is 0 Å². The van der Waals surface area contributed by atoms with E-state index in [-0.39, 0.29) is 35.6 Å². The second-order valence-corrected chi connectivity index (χ2v) is 7.77. The van der Waals surface area contributed by atoms with Crippen LogP contribution in [0.3, 0.4) is 0 Å². The molecule has 0 aromatic carbocycles. The summed E-state index contributed by atoms with van der Waals surface area (Å²) in [6, 6.07) is -0.158. The minimum atomic E-state index is -0.158. The van der Waals surface area contributed by atoms with Gasteiger partial charge in [-0.15, -0.1) is 0 Å². The number of nitrogens with zero attached hydrogens (tertiary/aromatic N) is 3. The third-order valence-electron chi connectivity index (χ3n) is 5.85. The Hall–Kier alpha value is -2.22. The van der Waals surface area contributed by atoms with Crippen molar-refractivity contribution in [3.05, 3.63) is 23.8 Å². The fourth-order valence-corrected chi connectivity index (χ4v) is 4.25. The Morgan fingerprint density at radius 3 is 2.59 bits per heavy atom. The third-order valence-corrected chi connectivity index (χ3v) is 5.85. The van der Waals surface area contributed by atoms with Crippen molar-refractivity contribution in [1.29, 1.82) is 0 Å². The Kier molecular flexibility index (Phi) is 5.24. The first-order chi connectivity index (χ1) is 13.1. The predicted octanol–water partition coefficient (Wildman–Crippen LogP) is 0.917. The van der Waals surface area contributed by atoms with E-state index >= 15 is 0 Å². The molecule has 2 aliphatic heterocycles. The monoisotopic (exact) mass is 373 g/mol.